The second kappa shape index (κ2) is 5.28. The Bertz CT molecular complexity index is 786. The van der Waals surface area contributed by atoms with Gasteiger partial charge in [0, 0.05) is 22.7 Å². The van der Waals surface area contributed by atoms with Gasteiger partial charge in [-0.2, -0.15) is 0 Å². The molecule has 0 fully saturated rings. The quantitative estimate of drug-likeness (QED) is 0.723. The molecule has 1 amide bonds. The molecule has 3 aromatic rings. The lowest BCUT2D eigenvalue weighted by atomic mass is 10.0. The number of hydrogen-bond donors (Lipinski definition) is 2. The lowest BCUT2D eigenvalue weighted by molar-refractivity contribution is 0.0945. The summed E-state index contributed by atoms with van der Waals surface area (Å²) in [5.41, 5.74) is 7.97. The topological polar surface area (TPSA) is 81.2 Å². The van der Waals surface area contributed by atoms with Crippen LogP contribution >= 0.6 is 0 Å². The Morgan fingerprint density at radius 1 is 1.33 bits per heavy atom. The van der Waals surface area contributed by atoms with E-state index in [0.29, 0.717) is 23.7 Å². The first kappa shape index (κ1) is 13.2. The number of nitrogens with one attached hydrogen (secondary N) is 1. The maximum Gasteiger partial charge on any atom is 0.270 e. The van der Waals surface area contributed by atoms with Gasteiger partial charge in [-0.15, -0.1) is 0 Å². The van der Waals surface area contributed by atoms with Crippen LogP contribution in [0.5, 0.6) is 0 Å². The highest BCUT2D eigenvalue weighted by molar-refractivity contribution is 6.08. The molecule has 106 valence electrons. The third-order valence-corrected chi connectivity index (χ3v) is 3.35. The number of rotatable bonds is 3. The van der Waals surface area contributed by atoms with E-state index in [1.165, 1.54) is 0 Å². The van der Waals surface area contributed by atoms with Crippen LogP contribution in [0.4, 0.5) is 5.69 Å². The van der Waals surface area contributed by atoms with Crippen LogP contribution in [-0.2, 0) is 6.54 Å². The molecule has 0 unspecified atom stereocenters. The van der Waals surface area contributed by atoms with Crippen LogP contribution in [-0.4, -0.2) is 10.9 Å². The Balaban J connectivity index is 1.95. The number of nitrogens with zero attached hydrogens (tertiary/aromatic N) is 1. The zero-order chi connectivity index (χ0) is 14.8. The summed E-state index contributed by atoms with van der Waals surface area (Å²) in [6, 6.07) is 9.08. The standard InChI is InChI=1S/C16H15N3O2/c1-10-8-18-15(12-5-2-6-13(17)14(10)12)16(20)19-9-11-4-3-7-21-11/h2-8H,9,17H2,1H3,(H,19,20). The van der Waals surface area contributed by atoms with Crippen molar-refractivity contribution in [1.29, 1.82) is 0 Å². The number of hydrogen-bond acceptors (Lipinski definition) is 4. The van der Waals surface area contributed by atoms with Gasteiger partial charge in [-0.1, -0.05) is 12.1 Å². The number of nitrogens with two attached hydrogens (primary N) is 1. The number of anilines is 1. The van der Waals surface area contributed by atoms with Crippen LogP contribution < -0.4 is 11.1 Å². The van der Waals surface area contributed by atoms with Gasteiger partial charge in [-0.3, -0.25) is 9.78 Å². The molecule has 0 spiro atoms. The van der Waals surface area contributed by atoms with Crippen LogP contribution in [0.2, 0.25) is 0 Å². The smallest absolute Gasteiger partial charge is 0.270 e. The third-order valence-electron chi connectivity index (χ3n) is 3.35. The monoisotopic (exact) mass is 281 g/mol. The average Bonchev–Trinajstić information content (AvgIpc) is 2.98. The lowest BCUT2D eigenvalue weighted by Crippen LogP contribution is -2.24. The van der Waals surface area contributed by atoms with Crippen molar-refractivity contribution in [2.24, 2.45) is 0 Å². The number of pyridine rings is 1. The molecular formula is C16H15N3O2. The summed E-state index contributed by atoms with van der Waals surface area (Å²) in [6.45, 7) is 2.25. The molecule has 5 heteroatoms. The largest absolute Gasteiger partial charge is 0.467 e. The molecule has 0 saturated heterocycles. The van der Waals surface area contributed by atoms with E-state index in [2.05, 4.69) is 10.3 Å². The first-order chi connectivity index (χ1) is 10.2. The Morgan fingerprint density at radius 3 is 2.95 bits per heavy atom. The molecule has 0 aliphatic carbocycles. The summed E-state index contributed by atoms with van der Waals surface area (Å²) in [6.07, 6.45) is 3.24. The fourth-order valence-electron chi connectivity index (χ4n) is 2.35. The molecule has 2 heterocycles. The van der Waals surface area contributed by atoms with Crippen molar-refractivity contribution in [2.45, 2.75) is 13.5 Å². The maximum absolute atomic E-state index is 12.3. The van der Waals surface area contributed by atoms with E-state index in [9.17, 15) is 4.79 Å². The van der Waals surface area contributed by atoms with E-state index < -0.39 is 0 Å². The fourth-order valence-corrected chi connectivity index (χ4v) is 2.35. The number of carbonyl (C=O) groups is 1. The highest BCUT2D eigenvalue weighted by Crippen LogP contribution is 2.26. The zero-order valence-corrected chi connectivity index (χ0v) is 11.6. The Labute approximate surface area is 121 Å². The first-order valence-electron chi connectivity index (χ1n) is 6.61. The molecule has 0 aliphatic rings. The second-order valence-corrected chi connectivity index (χ2v) is 4.82. The van der Waals surface area contributed by atoms with Crippen molar-refractivity contribution >= 4 is 22.4 Å². The lowest BCUT2D eigenvalue weighted by Gasteiger charge is -2.10. The number of amides is 1. The van der Waals surface area contributed by atoms with Crippen molar-refractivity contribution in [3.05, 3.63) is 59.8 Å². The molecule has 3 rings (SSSR count). The van der Waals surface area contributed by atoms with Crippen molar-refractivity contribution in [1.82, 2.24) is 10.3 Å². The molecule has 0 saturated carbocycles. The van der Waals surface area contributed by atoms with Gasteiger partial charge in [0.05, 0.1) is 12.8 Å². The van der Waals surface area contributed by atoms with Gasteiger partial charge in [0.15, 0.2) is 0 Å². The Hall–Kier alpha value is -2.82. The molecule has 0 aliphatic heterocycles. The minimum absolute atomic E-state index is 0.248. The number of furan rings is 1. The van der Waals surface area contributed by atoms with E-state index in [0.717, 1.165) is 16.3 Å². The predicted octanol–water partition coefficient (Wildman–Crippen LogP) is 2.65. The van der Waals surface area contributed by atoms with Crippen LogP contribution in [0.3, 0.4) is 0 Å². The Kier molecular flexibility index (Phi) is 3.31. The third kappa shape index (κ3) is 2.45. The van der Waals surface area contributed by atoms with Crippen molar-refractivity contribution in [3.63, 3.8) is 0 Å². The maximum atomic E-state index is 12.3. The molecular weight excluding hydrogens is 266 g/mol. The highest BCUT2D eigenvalue weighted by atomic mass is 16.3. The molecule has 0 bridgehead atoms. The zero-order valence-electron chi connectivity index (χ0n) is 11.6. The molecule has 21 heavy (non-hydrogen) atoms. The summed E-state index contributed by atoms with van der Waals surface area (Å²) in [5.74, 6) is 0.446. The highest BCUT2D eigenvalue weighted by Gasteiger charge is 2.14. The summed E-state index contributed by atoms with van der Waals surface area (Å²) >= 11 is 0. The van der Waals surface area contributed by atoms with Gasteiger partial charge >= 0.3 is 0 Å². The normalized spacial score (nSPS) is 10.7. The van der Waals surface area contributed by atoms with Crippen LogP contribution in [0.15, 0.2) is 47.2 Å². The molecule has 0 radical (unpaired) electrons. The number of aromatic nitrogens is 1. The second-order valence-electron chi connectivity index (χ2n) is 4.82. The van der Waals surface area contributed by atoms with Gasteiger partial charge in [0.1, 0.15) is 11.5 Å². The van der Waals surface area contributed by atoms with Gasteiger partial charge < -0.3 is 15.5 Å². The van der Waals surface area contributed by atoms with E-state index in [-0.39, 0.29) is 5.91 Å². The summed E-state index contributed by atoms with van der Waals surface area (Å²) in [5, 5.41) is 4.42. The van der Waals surface area contributed by atoms with Crippen molar-refractivity contribution < 1.29 is 9.21 Å². The summed E-state index contributed by atoms with van der Waals surface area (Å²) in [4.78, 5) is 16.6. The number of aryl methyl sites for hydroxylation is 1. The molecule has 5 nitrogen and oxygen atoms in total. The van der Waals surface area contributed by atoms with Gasteiger partial charge in [-0.05, 0) is 30.7 Å². The Morgan fingerprint density at radius 2 is 2.19 bits per heavy atom. The van der Waals surface area contributed by atoms with Gasteiger partial charge in [0.2, 0.25) is 0 Å². The van der Waals surface area contributed by atoms with E-state index in [4.69, 9.17) is 10.2 Å². The molecule has 3 N–H and O–H groups in total. The minimum atomic E-state index is -0.248. The number of fused-ring (bicyclic) bond motifs is 1. The fraction of sp³-hybridized carbons (Fsp3) is 0.125. The van der Waals surface area contributed by atoms with E-state index in [1.54, 1.807) is 24.6 Å². The first-order valence-corrected chi connectivity index (χ1v) is 6.61. The molecule has 2 aromatic heterocycles. The predicted molar refractivity (Wildman–Crippen MR) is 80.8 cm³/mol. The van der Waals surface area contributed by atoms with Crippen LogP contribution in [0, 0.1) is 6.92 Å². The summed E-state index contributed by atoms with van der Waals surface area (Å²) in [7, 11) is 0. The van der Waals surface area contributed by atoms with E-state index >= 15 is 0 Å². The number of carbonyl (C=O) groups excluding carboxylic acids is 1. The number of benzene rings is 1. The molecule has 1 aromatic carbocycles. The van der Waals surface area contributed by atoms with Crippen molar-refractivity contribution in [3.8, 4) is 0 Å². The van der Waals surface area contributed by atoms with Gasteiger partial charge in [-0.25, -0.2) is 0 Å². The van der Waals surface area contributed by atoms with Crippen molar-refractivity contribution in [2.75, 3.05) is 5.73 Å². The average molecular weight is 281 g/mol. The van der Waals surface area contributed by atoms with Gasteiger partial charge in [0.25, 0.3) is 5.91 Å². The van der Waals surface area contributed by atoms with Crippen LogP contribution in [0.1, 0.15) is 21.8 Å². The minimum Gasteiger partial charge on any atom is -0.467 e. The van der Waals surface area contributed by atoms with E-state index in [1.807, 2.05) is 25.1 Å². The van der Waals surface area contributed by atoms with Crippen LogP contribution in [0.25, 0.3) is 10.8 Å². The molecule has 0 atom stereocenters. The SMILES string of the molecule is Cc1cnc(C(=O)NCc2ccco2)c2cccc(N)c12. The summed E-state index contributed by atoms with van der Waals surface area (Å²) < 4.78 is 5.19. The number of nitrogen functional groups attached to an aromatic ring is 1.